The molecule has 4 aromatic heterocycles. The fourth-order valence-electron chi connectivity index (χ4n) is 6.69. The maximum absolute atomic E-state index is 10.7. The second kappa shape index (κ2) is 17.0. The van der Waals surface area contributed by atoms with Crippen molar-refractivity contribution in [3.8, 4) is 0 Å². The van der Waals surface area contributed by atoms with Crippen LogP contribution >= 0.6 is 0 Å². The molecular weight excluding hydrogens is 805 g/mol. The Morgan fingerprint density at radius 2 is 0.534 bits per heavy atom. The molecule has 0 amide bonds. The van der Waals surface area contributed by atoms with Crippen LogP contribution < -0.4 is 19.9 Å². The third-order valence-corrected chi connectivity index (χ3v) is 9.71. The number of nitrogens with zero attached hydrogens (tertiary/aromatic N) is 4. The van der Waals surface area contributed by atoms with Gasteiger partial charge in [0.05, 0.1) is 22.3 Å². The molecule has 1 radical (unpaired) electrons. The van der Waals surface area contributed by atoms with Crippen molar-refractivity contribution in [3.63, 3.8) is 0 Å². The SMILES string of the molecule is O=S(=O)([O-])C(F)(F)F.[Mn].[OH3+].c1ccc([C+]2c3ccc([n-]3)[C+](c3ccccc3)c3ccc([n-]3)[C+](c3ccccc3)c3ccc([n-]3)[C+](c3ccccc3)c3ccc2[n-]3)cc1. The molecule has 1 aliphatic heterocycles. The normalized spacial score (nSPS) is 12.6. The molecule has 13 heteroatoms. The summed E-state index contributed by atoms with van der Waals surface area (Å²) in [6, 6.07) is 58.4. The van der Waals surface area contributed by atoms with Crippen LogP contribution in [0, 0.1) is 23.7 Å². The summed E-state index contributed by atoms with van der Waals surface area (Å²) >= 11 is 0. The average molecular weight is 836 g/mol. The van der Waals surface area contributed by atoms with E-state index in [2.05, 4.69) is 146 Å². The summed E-state index contributed by atoms with van der Waals surface area (Å²) in [4.78, 5) is 21.2. The smallest absolute Gasteiger partial charge is 0.485 e. The second-order valence-electron chi connectivity index (χ2n) is 12.7. The molecule has 9 rings (SSSR count). The van der Waals surface area contributed by atoms with E-state index in [0.29, 0.717) is 0 Å². The van der Waals surface area contributed by atoms with Crippen molar-refractivity contribution in [2.45, 2.75) is 5.51 Å². The minimum absolute atomic E-state index is 0. The summed E-state index contributed by atoms with van der Waals surface area (Å²) in [7, 11) is -6.09. The Morgan fingerprint density at radius 3 is 0.672 bits per heavy atom. The van der Waals surface area contributed by atoms with Crippen LogP contribution in [-0.2, 0) is 32.7 Å². The monoisotopic (exact) mass is 835 g/mol. The van der Waals surface area contributed by atoms with Crippen LogP contribution in [0.2, 0.25) is 0 Å². The largest absolute Gasteiger partial charge is 0.741 e. The van der Waals surface area contributed by atoms with E-state index in [-0.39, 0.29) is 22.5 Å². The van der Waals surface area contributed by atoms with Gasteiger partial charge in [0.15, 0.2) is 10.1 Å². The first-order valence-corrected chi connectivity index (χ1v) is 18.8. The van der Waals surface area contributed by atoms with Gasteiger partial charge in [0.25, 0.3) is 0 Å². The fourth-order valence-corrected chi connectivity index (χ4v) is 6.69. The first-order chi connectivity index (χ1) is 27.0. The van der Waals surface area contributed by atoms with Gasteiger partial charge in [-0.05, 0) is 118 Å². The van der Waals surface area contributed by atoms with Gasteiger partial charge in [0.2, 0.25) is 0 Å². The second-order valence-corrected chi connectivity index (χ2v) is 14.1. The number of halogens is 3. The topological polar surface area (TPSA) is 147 Å². The molecule has 0 aliphatic carbocycles. The molecule has 289 valence electrons. The Balaban J connectivity index is 0.000000517. The molecule has 0 saturated heterocycles. The predicted octanol–water partition coefficient (Wildman–Crippen LogP) is 7.03. The van der Waals surface area contributed by atoms with Gasteiger partial charge >= 0.3 is 5.51 Å². The van der Waals surface area contributed by atoms with E-state index in [4.69, 9.17) is 32.9 Å². The van der Waals surface area contributed by atoms with Gasteiger partial charge in [0, 0.05) is 138 Å². The van der Waals surface area contributed by atoms with Crippen molar-refractivity contribution in [1.82, 2.24) is 19.9 Å². The van der Waals surface area contributed by atoms with Crippen molar-refractivity contribution in [2.75, 3.05) is 0 Å². The number of benzene rings is 4. The van der Waals surface area contributed by atoms with E-state index in [0.717, 1.165) is 91.5 Å². The molecule has 1 aliphatic rings. The quantitative estimate of drug-likeness (QED) is 0.0608. The number of rotatable bonds is 4. The van der Waals surface area contributed by atoms with Crippen LogP contribution in [0.3, 0.4) is 0 Å². The van der Waals surface area contributed by atoms with E-state index in [1.807, 2.05) is 24.3 Å². The van der Waals surface area contributed by atoms with Crippen molar-refractivity contribution < 1.29 is 48.7 Å². The van der Waals surface area contributed by atoms with Gasteiger partial charge in [-0.3, -0.25) is 0 Å². The van der Waals surface area contributed by atoms with Gasteiger partial charge < -0.3 is 30.0 Å². The molecule has 4 aromatic carbocycles. The Labute approximate surface area is 344 Å². The third-order valence-electron chi connectivity index (χ3n) is 9.14. The van der Waals surface area contributed by atoms with Gasteiger partial charge in [-0.15, -0.1) is 0 Å². The number of fused-ring (bicyclic) bond motifs is 8. The number of alkyl halides is 3. The molecule has 8 aromatic rings. The fraction of sp³-hybridized carbons (Fsp3) is 0.0222. The van der Waals surface area contributed by atoms with Gasteiger partial charge in [0.1, 0.15) is 0 Å². The Hall–Kier alpha value is -6.34. The molecule has 8 bridgehead atoms. The van der Waals surface area contributed by atoms with Gasteiger partial charge in [-0.2, -0.15) is 13.2 Å². The molecule has 8 nitrogen and oxygen atoms in total. The molecule has 0 atom stereocenters. The molecular formula is C45H31F3MnN4O4S. The standard InChI is InChI=1S/C44H28N4.CHF3O3S.Mn.H2O/c1-5-13-29(14-6-1)41-33-21-23-35(45-33)42(30-15-7-2-8-16-30)37-25-27-39(47-37)44(32-19-11-4-12-20-32)40-28-26-38(48-40)43(31-17-9-3-10-18-31)36-24-22-34(41)46-36;2-1(3,4)8(5,6)7;;/h1-28H;(H,5,6,7);;1H2. The average Bonchev–Trinajstić information content (AvgIpc) is 4.04. The molecule has 3 N–H and O–H groups in total. The molecule has 0 unspecified atom stereocenters. The van der Waals surface area contributed by atoms with Gasteiger partial charge in [-0.1, -0.05) is 0 Å². The maximum atomic E-state index is 10.7. The summed E-state index contributed by atoms with van der Waals surface area (Å²) in [5.41, 5.74) is 5.46. The summed E-state index contributed by atoms with van der Waals surface area (Å²) < 4.78 is 58.9. The van der Waals surface area contributed by atoms with Crippen LogP contribution in [0.4, 0.5) is 13.2 Å². The molecule has 0 spiro atoms. The first kappa shape index (κ1) is 41.3. The Morgan fingerprint density at radius 1 is 0.379 bits per heavy atom. The minimum atomic E-state index is -6.09. The van der Waals surface area contributed by atoms with E-state index in [1.54, 1.807) is 0 Å². The molecule has 5 heterocycles. The van der Waals surface area contributed by atoms with E-state index < -0.39 is 15.6 Å². The van der Waals surface area contributed by atoms with Crippen LogP contribution in [0.1, 0.15) is 67.8 Å². The summed E-state index contributed by atoms with van der Waals surface area (Å²) in [5, 5.41) is 0. The number of aromatic nitrogens is 4. The first-order valence-electron chi connectivity index (χ1n) is 17.3. The predicted molar refractivity (Wildman–Crippen MR) is 208 cm³/mol. The summed E-state index contributed by atoms with van der Waals surface area (Å²) in [6.45, 7) is 0. The number of hydrogen-bond acceptors (Lipinski definition) is 3. The molecule has 58 heavy (non-hydrogen) atoms. The maximum Gasteiger partial charge on any atom is 0.485 e. The van der Waals surface area contributed by atoms with Crippen LogP contribution in [0.15, 0.2) is 170 Å². The van der Waals surface area contributed by atoms with Crippen LogP contribution in [-0.4, -0.2) is 18.5 Å². The van der Waals surface area contributed by atoms with Crippen LogP contribution in [0.25, 0.3) is 0 Å². The van der Waals surface area contributed by atoms with Crippen molar-refractivity contribution in [2.24, 2.45) is 0 Å². The Kier molecular flexibility index (Phi) is 12.1. The van der Waals surface area contributed by atoms with E-state index in [1.165, 1.54) is 0 Å². The number of hydrogen-bond donors (Lipinski definition) is 0. The summed E-state index contributed by atoms with van der Waals surface area (Å²) in [5.74, 6) is 3.91. The van der Waals surface area contributed by atoms with Crippen LogP contribution in [0.5, 0.6) is 0 Å². The molecule has 0 fully saturated rings. The Bertz CT molecular complexity index is 2240. The zero-order valence-electron chi connectivity index (χ0n) is 30.2. The summed E-state index contributed by atoms with van der Waals surface area (Å²) in [6.07, 6.45) is 0. The zero-order valence-corrected chi connectivity index (χ0v) is 32.2. The van der Waals surface area contributed by atoms with Gasteiger partial charge in [-0.25, -0.2) is 8.42 Å². The zero-order chi connectivity index (χ0) is 38.9. The van der Waals surface area contributed by atoms with E-state index >= 15 is 0 Å². The molecule has 0 saturated carbocycles. The van der Waals surface area contributed by atoms with Crippen molar-refractivity contribution in [1.29, 1.82) is 0 Å². The third kappa shape index (κ3) is 8.35. The van der Waals surface area contributed by atoms with Crippen molar-refractivity contribution >= 4 is 10.1 Å². The minimum Gasteiger partial charge on any atom is -0.741 e. The van der Waals surface area contributed by atoms with Crippen molar-refractivity contribution in [3.05, 3.63) is 261 Å². The van der Waals surface area contributed by atoms with E-state index in [9.17, 15) is 13.2 Å².